The van der Waals surface area contributed by atoms with Gasteiger partial charge in [0.2, 0.25) is 0 Å². The Bertz CT molecular complexity index is 1270. The first-order valence-corrected chi connectivity index (χ1v) is 10.0. The molecule has 0 aliphatic heterocycles. The first kappa shape index (κ1) is 20.2. The van der Waals surface area contributed by atoms with Crippen LogP contribution in [0.2, 0.25) is 0 Å². The molecule has 0 atom stereocenters. The second-order valence-corrected chi connectivity index (χ2v) is 7.17. The van der Waals surface area contributed by atoms with Gasteiger partial charge in [-0.3, -0.25) is 0 Å². The maximum atomic E-state index is 11.7. The molecular weight excluding hydrogens is 386 g/mol. The molecule has 0 aliphatic carbocycles. The molecule has 4 rings (SSSR count). The molecular formula is C26H23N3O2. The van der Waals surface area contributed by atoms with Gasteiger partial charge < -0.3 is 14.6 Å². The lowest BCUT2D eigenvalue weighted by Crippen LogP contribution is -2.11. The van der Waals surface area contributed by atoms with Crippen molar-refractivity contribution in [2.45, 2.75) is 13.5 Å². The van der Waals surface area contributed by atoms with E-state index in [2.05, 4.69) is 46.5 Å². The van der Waals surface area contributed by atoms with E-state index < -0.39 is 5.97 Å². The van der Waals surface area contributed by atoms with Gasteiger partial charge in [0.25, 0.3) is 0 Å². The molecule has 0 bridgehead atoms. The summed E-state index contributed by atoms with van der Waals surface area (Å²) in [4.78, 5) is 17.9. The van der Waals surface area contributed by atoms with Gasteiger partial charge in [-0.1, -0.05) is 55.1 Å². The van der Waals surface area contributed by atoms with Crippen molar-refractivity contribution in [3.8, 4) is 11.1 Å². The second-order valence-electron chi connectivity index (χ2n) is 7.17. The van der Waals surface area contributed by atoms with Gasteiger partial charge in [0.15, 0.2) is 0 Å². The summed E-state index contributed by atoms with van der Waals surface area (Å²) < 4.78 is 2.13. The van der Waals surface area contributed by atoms with Crippen molar-refractivity contribution in [1.82, 2.24) is 9.55 Å². The van der Waals surface area contributed by atoms with Gasteiger partial charge in [-0.05, 0) is 47.9 Å². The number of carboxylic acids is 1. The highest BCUT2D eigenvalue weighted by Crippen LogP contribution is 2.29. The van der Waals surface area contributed by atoms with Crippen LogP contribution in [0.5, 0.6) is 0 Å². The number of nitrogens with zero attached hydrogens (tertiary/aromatic N) is 3. The first-order chi connectivity index (χ1) is 15.1. The monoisotopic (exact) mass is 409 g/mol. The number of allylic oxidation sites excluding steroid dienone is 1. The lowest BCUT2D eigenvalue weighted by Gasteiger charge is -2.19. The number of rotatable bonds is 7. The summed E-state index contributed by atoms with van der Waals surface area (Å²) in [6.45, 7) is 6.41. The van der Waals surface area contributed by atoms with E-state index in [-0.39, 0.29) is 5.56 Å². The summed E-state index contributed by atoms with van der Waals surface area (Å²) in [5, 5.41) is 9.58. The van der Waals surface area contributed by atoms with Crippen molar-refractivity contribution >= 4 is 22.7 Å². The smallest absolute Gasteiger partial charge is 0.337 e. The van der Waals surface area contributed by atoms with Gasteiger partial charge in [-0.15, -0.1) is 0 Å². The number of carbonyl (C=O) groups is 1. The highest BCUT2D eigenvalue weighted by molar-refractivity contribution is 5.96. The normalized spacial score (nSPS) is 11.1. The van der Waals surface area contributed by atoms with E-state index >= 15 is 0 Å². The largest absolute Gasteiger partial charge is 0.478 e. The maximum absolute atomic E-state index is 11.7. The first-order valence-electron chi connectivity index (χ1n) is 10.0. The third-order valence-corrected chi connectivity index (χ3v) is 5.18. The molecule has 1 aromatic heterocycles. The molecule has 0 radical (unpaired) electrons. The van der Waals surface area contributed by atoms with Crippen molar-refractivity contribution in [3.63, 3.8) is 0 Å². The van der Waals surface area contributed by atoms with Crippen LogP contribution in [-0.4, -0.2) is 20.6 Å². The Labute approximate surface area is 181 Å². The topological polar surface area (TPSA) is 58.4 Å². The highest BCUT2D eigenvalue weighted by atomic mass is 16.4. The Morgan fingerprint density at radius 3 is 2.55 bits per heavy atom. The Kier molecular flexibility index (Phi) is 5.67. The number of aromatic nitrogens is 2. The van der Waals surface area contributed by atoms with Crippen molar-refractivity contribution in [2.24, 2.45) is 0 Å². The van der Waals surface area contributed by atoms with E-state index in [4.69, 9.17) is 0 Å². The molecule has 0 spiro atoms. The average molecular weight is 409 g/mol. The molecule has 0 fully saturated rings. The minimum absolute atomic E-state index is 0.227. The summed E-state index contributed by atoms with van der Waals surface area (Å²) in [5.41, 5.74) is 6.01. The quantitative estimate of drug-likeness (QED) is 0.411. The van der Waals surface area contributed by atoms with Crippen LogP contribution >= 0.6 is 0 Å². The molecule has 3 aromatic carbocycles. The minimum atomic E-state index is -0.971. The van der Waals surface area contributed by atoms with E-state index in [0.717, 1.165) is 34.3 Å². The number of fused-ring (bicyclic) bond motifs is 1. The Morgan fingerprint density at radius 2 is 1.84 bits per heavy atom. The number of carboxylic acid groups (broad SMARTS) is 1. The summed E-state index contributed by atoms with van der Waals surface area (Å²) in [5.74, 6) is -0.971. The zero-order valence-corrected chi connectivity index (χ0v) is 17.3. The molecule has 0 saturated carbocycles. The molecule has 0 unspecified atom stereocenters. The molecule has 4 aromatic rings. The number of hydrogen-bond donors (Lipinski definition) is 1. The fraction of sp³-hybridized carbons (Fsp3) is 0.0769. The standard InChI is InChI=1S/C26H23N3O2/c1-3-15-28(4-2)25-16-21(13-14-22(25)26(30)31)20-11-9-19(10-12-20)17-29-18-27-23-7-5-6-8-24(23)29/h3-16,18H,2,17H2,1H3,(H,30,31)/b15-3-. The predicted molar refractivity (Wildman–Crippen MR) is 125 cm³/mol. The Hall–Kier alpha value is -4.12. The molecule has 1 heterocycles. The molecule has 5 heteroatoms. The molecule has 1 N–H and O–H groups in total. The summed E-state index contributed by atoms with van der Waals surface area (Å²) in [7, 11) is 0. The van der Waals surface area contributed by atoms with Crippen LogP contribution in [0.1, 0.15) is 22.8 Å². The predicted octanol–water partition coefficient (Wildman–Crippen LogP) is 5.93. The molecule has 0 aliphatic rings. The van der Waals surface area contributed by atoms with Crippen molar-refractivity contribution in [1.29, 1.82) is 0 Å². The molecule has 154 valence electrons. The summed E-state index contributed by atoms with van der Waals surface area (Å²) in [6, 6.07) is 21.7. The van der Waals surface area contributed by atoms with Crippen molar-refractivity contribution in [2.75, 3.05) is 4.90 Å². The van der Waals surface area contributed by atoms with E-state index in [1.165, 1.54) is 0 Å². The van der Waals surface area contributed by atoms with E-state index in [1.54, 1.807) is 23.4 Å². The van der Waals surface area contributed by atoms with Crippen molar-refractivity contribution < 1.29 is 9.90 Å². The van der Waals surface area contributed by atoms with Crippen LogP contribution in [0.25, 0.3) is 22.2 Å². The molecule has 0 amide bonds. The van der Waals surface area contributed by atoms with Crippen molar-refractivity contribution in [3.05, 3.63) is 109 Å². The fourth-order valence-corrected chi connectivity index (χ4v) is 3.64. The second kappa shape index (κ2) is 8.71. The van der Waals surface area contributed by atoms with Crippen LogP contribution in [0.3, 0.4) is 0 Å². The molecule has 0 saturated heterocycles. The zero-order chi connectivity index (χ0) is 21.8. The van der Waals surface area contributed by atoms with E-state index in [0.29, 0.717) is 5.69 Å². The zero-order valence-electron chi connectivity index (χ0n) is 17.3. The average Bonchev–Trinajstić information content (AvgIpc) is 3.20. The number of aromatic carboxylic acids is 1. The molecule has 31 heavy (non-hydrogen) atoms. The van der Waals surface area contributed by atoms with Crippen LogP contribution in [-0.2, 0) is 6.54 Å². The van der Waals surface area contributed by atoms with Gasteiger partial charge in [0.05, 0.1) is 28.6 Å². The van der Waals surface area contributed by atoms with Crippen LogP contribution in [0, 0.1) is 0 Å². The van der Waals surface area contributed by atoms with Gasteiger partial charge in [0, 0.05) is 18.9 Å². The highest BCUT2D eigenvalue weighted by Gasteiger charge is 2.14. The van der Waals surface area contributed by atoms with Crippen LogP contribution < -0.4 is 4.90 Å². The summed E-state index contributed by atoms with van der Waals surface area (Å²) >= 11 is 0. The molecule has 5 nitrogen and oxygen atoms in total. The van der Waals surface area contributed by atoms with E-state index in [9.17, 15) is 9.90 Å². The number of para-hydroxylation sites is 2. The Balaban J connectivity index is 1.64. The van der Waals surface area contributed by atoms with Crippen LogP contribution in [0.4, 0.5) is 5.69 Å². The fourth-order valence-electron chi connectivity index (χ4n) is 3.64. The van der Waals surface area contributed by atoms with Gasteiger partial charge in [-0.2, -0.15) is 0 Å². The number of anilines is 1. The Morgan fingerprint density at radius 1 is 1.10 bits per heavy atom. The summed E-state index contributed by atoms with van der Waals surface area (Å²) in [6.07, 6.45) is 7.09. The SMILES string of the molecule is C=CN(/C=C\C)c1cc(-c2ccc(Cn3cnc4ccccc43)cc2)ccc1C(=O)O. The number of benzene rings is 3. The lowest BCUT2D eigenvalue weighted by molar-refractivity contribution is 0.0697. The lowest BCUT2D eigenvalue weighted by atomic mass is 10.0. The van der Waals surface area contributed by atoms with Gasteiger partial charge in [0.1, 0.15) is 0 Å². The van der Waals surface area contributed by atoms with Crippen LogP contribution in [0.15, 0.2) is 98.1 Å². The van der Waals surface area contributed by atoms with E-state index in [1.807, 2.05) is 49.7 Å². The van der Waals surface area contributed by atoms with Gasteiger partial charge in [-0.25, -0.2) is 9.78 Å². The van der Waals surface area contributed by atoms with Gasteiger partial charge >= 0.3 is 5.97 Å². The number of hydrogen-bond acceptors (Lipinski definition) is 3. The number of imidazole rings is 1. The third kappa shape index (κ3) is 4.12. The minimum Gasteiger partial charge on any atom is -0.478 e. The maximum Gasteiger partial charge on any atom is 0.337 e. The third-order valence-electron chi connectivity index (χ3n) is 5.18.